The number of carbonyl (C=O) groups is 3. The van der Waals surface area contributed by atoms with E-state index in [4.69, 9.17) is 20.0 Å². The molecule has 3 N–H and O–H groups in total. The van der Waals surface area contributed by atoms with Crippen molar-refractivity contribution in [2.75, 3.05) is 44.8 Å². The first-order valence-corrected chi connectivity index (χ1v) is 15.4. The largest absolute Gasteiger partial charge is 0.493 e. The summed E-state index contributed by atoms with van der Waals surface area (Å²) >= 11 is 0. The number of fused-ring (bicyclic) bond motifs is 1. The van der Waals surface area contributed by atoms with Gasteiger partial charge in [0.05, 0.1) is 43.0 Å². The lowest BCUT2D eigenvalue weighted by molar-refractivity contribution is -0.137. The Labute approximate surface area is 264 Å². The Morgan fingerprint density at radius 3 is 2.53 bits per heavy atom. The molecular formula is C34H43N5O6. The normalized spacial score (nSPS) is 15.9. The fourth-order valence-electron chi connectivity index (χ4n) is 5.77. The Kier molecular flexibility index (Phi) is 10.4. The number of carbonyl (C=O) groups excluding carboxylic acids is 2. The molecule has 2 aliphatic rings. The number of ketones is 1. The molecule has 0 radical (unpaired) electrons. The number of nitrogens with one attached hydrogen (secondary N) is 2. The number of nitriles is 1. The highest BCUT2D eigenvalue weighted by Gasteiger charge is 2.33. The first-order chi connectivity index (χ1) is 21.4. The van der Waals surface area contributed by atoms with Crippen LogP contribution in [0.2, 0.25) is 0 Å². The summed E-state index contributed by atoms with van der Waals surface area (Å²) < 4.78 is 12.1. The van der Waals surface area contributed by atoms with Gasteiger partial charge in [0.15, 0.2) is 5.78 Å². The molecule has 4 rings (SSSR count). The summed E-state index contributed by atoms with van der Waals surface area (Å²) in [4.78, 5) is 41.2. The maximum Gasteiger partial charge on any atom is 0.303 e. The van der Waals surface area contributed by atoms with Gasteiger partial charge >= 0.3 is 5.97 Å². The van der Waals surface area contributed by atoms with Crippen LogP contribution in [-0.2, 0) is 16.8 Å². The molecule has 1 fully saturated rings. The maximum absolute atomic E-state index is 13.9. The predicted octanol–water partition coefficient (Wildman–Crippen LogP) is 4.75. The van der Waals surface area contributed by atoms with Crippen LogP contribution in [0.15, 0.2) is 24.3 Å². The van der Waals surface area contributed by atoms with Gasteiger partial charge < -0.3 is 29.7 Å². The summed E-state index contributed by atoms with van der Waals surface area (Å²) in [6.07, 6.45) is 1.85. The van der Waals surface area contributed by atoms with Gasteiger partial charge in [-0.25, -0.2) is 0 Å². The molecule has 0 saturated carbocycles. The second kappa shape index (κ2) is 14.0. The highest BCUT2D eigenvalue weighted by Crippen LogP contribution is 2.42. The van der Waals surface area contributed by atoms with Crippen LogP contribution >= 0.6 is 0 Å². The number of nitrogens with zero attached hydrogens (tertiary/aromatic N) is 3. The smallest absolute Gasteiger partial charge is 0.303 e. The van der Waals surface area contributed by atoms with Crippen LogP contribution in [-0.4, -0.2) is 73.4 Å². The number of rotatable bonds is 13. The van der Waals surface area contributed by atoms with Crippen molar-refractivity contribution < 1.29 is 29.0 Å². The number of benzene rings is 2. The molecule has 1 atom stereocenters. The molecule has 0 spiro atoms. The zero-order valence-corrected chi connectivity index (χ0v) is 26.8. The Hall–Kier alpha value is -4.59. The third kappa shape index (κ3) is 7.56. The van der Waals surface area contributed by atoms with E-state index in [0.29, 0.717) is 80.3 Å². The highest BCUT2D eigenvalue weighted by atomic mass is 16.5. The number of hydrogen-bond donors (Lipinski definition) is 3. The summed E-state index contributed by atoms with van der Waals surface area (Å²) in [6.45, 7) is 10.2. The zero-order valence-electron chi connectivity index (χ0n) is 26.8. The van der Waals surface area contributed by atoms with Gasteiger partial charge in [0.25, 0.3) is 5.91 Å². The minimum Gasteiger partial charge on any atom is -0.493 e. The molecular weight excluding hydrogens is 574 g/mol. The molecule has 0 aromatic heterocycles. The van der Waals surface area contributed by atoms with Gasteiger partial charge in [0, 0.05) is 49.8 Å². The quantitative estimate of drug-likeness (QED) is 0.213. The number of carboxylic acids is 1. The molecule has 2 aromatic carbocycles. The Morgan fingerprint density at radius 1 is 1.16 bits per heavy atom. The Morgan fingerprint density at radius 2 is 1.91 bits per heavy atom. The average molecular weight is 618 g/mol. The third-order valence-corrected chi connectivity index (χ3v) is 8.19. The molecule has 0 aliphatic carbocycles. The minimum absolute atomic E-state index is 0.0357. The van der Waals surface area contributed by atoms with Gasteiger partial charge in [-0.05, 0) is 61.4 Å². The lowest BCUT2D eigenvalue weighted by atomic mass is 9.84. The van der Waals surface area contributed by atoms with E-state index in [9.17, 15) is 19.6 Å². The van der Waals surface area contributed by atoms with Crippen LogP contribution in [0.1, 0.15) is 90.8 Å². The molecule has 0 bridgehead atoms. The number of amides is 1. The maximum atomic E-state index is 13.9. The van der Waals surface area contributed by atoms with Gasteiger partial charge in [-0.3, -0.25) is 19.8 Å². The van der Waals surface area contributed by atoms with Crippen LogP contribution in [0.3, 0.4) is 0 Å². The van der Waals surface area contributed by atoms with E-state index in [1.165, 1.54) is 0 Å². The molecule has 11 heteroatoms. The van der Waals surface area contributed by atoms with Crippen molar-refractivity contribution in [2.45, 2.75) is 65.3 Å². The summed E-state index contributed by atoms with van der Waals surface area (Å²) in [6, 6.07) is 9.48. The first-order valence-electron chi connectivity index (χ1n) is 15.4. The molecule has 11 nitrogen and oxygen atoms in total. The number of anilines is 1. The van der Waals surface area contributed by atoms with Crippen molar-refractivity contribution >= 4 is 29.2 Å². The van der Waals surface area contributed by atoms with Crippen LogP contribution in [0.4, 0.5) is 5.69 Å². The number of amidine groups is 1. The number of carboxylic acid groups (broad SMARTS) is 1. The standard InChI is InChI=1S/C34H43N5O6/c1-6-44-29-15-23-19-39(32(36)24(23)16-25(29)33(43)37-5)20-28(40)22-13-26(34(2,3)4)31(45-12-8-7-9-30(41)42)27(14-22)38-11-10-21(17-35)18-38/h13-16,21,36H,6-12,18-20H2,1-5H3,(H,37,43)(H,41,42). The second-order valence-electron chi connectivity index (χ2n) is 12.5. The van der Waals surface area contributed by atoms with Gasteiger partial charge in [0.1, 0.15) is 17.3 Å². The van der Waals surface area contributed by atoms with E-state index in [1.54, 1.807) is 24.1 Å². The molecule has 2 aromatic rings. The second-order valence-corrected chi connectivity index (χ2v) is 12.5. The summed E-state index contributed by atoms with van der Waals surface area (Å²) in [7, 11) is 1.54. The van der Waals surface area contributed by atoms with Gasteiger partial charge in [-0.15, -0.1) is 0 Å². The van der Waals surface area contributed by atoms with E-state index >= 15 is 0 Å². The summed E-state index contributed by atoms with van der Waals surface area (Å²) in [5.74, 6) is -0.189. The van der Waals surface area contributed by atoms with Gasteiger partial charge in [-0.2, -0.15) is 5.26 Å². The lowest BCUT2D eigenvalue weighted by Crippen LogP contribution is -2.31. The molecule has 1 amide bonds. The lowest BCUT2D eigenvalue weighted by Gasteiger charge is -2.30. The van der Waals surface area contributed by atoms with E-state index in [-0.39, 0.29) is 36.4 Å². The van der Waals surface area contributed by atoms with Crippen molar-refractivity contribution in [2.24, 2.45) is 5.92 Å². The van der Waals surface area contributed by atoms with Crippen LogP contribution < -0.4 is 19.7 Å². The van der Waals surface area contributed by atoms with Crippen LogP contribution in [0.25, 0.3) is 0 Å². The van der Waals surface area contributed by atoms with Crippen molar-refractivity contribution in [3.05, 3.63) is 52.1 Å². The average Bonchev–Trinajstić information content (AvgIpc) is 3.59. The fourth-order valence-corrected chi connectivity index (χ4v) is 5.77. The van der Waals surface area contributed by atoms with E-state index in [2.05, 4.69) is 16.3 Å². The molecule has 45 heavy (non-hydrogen) atoms. The Balaban J connectivity index is 1.65. The molecule has 1 saturated heterocycles. The Bertz CT molecular complexity index is 1520. The molecule has 2 aliphatic heterocycles. The fraction of sp³-hybridized carbons (Fsp3) is 0.500. The van der Waals surface area contributed by atoms with E-state index < -0.39 is 11.4 Å². The summed E-state index contributed by atoms with van der Waals surface area (Å²) in [5, 5.41) is 30.0. The number of aliphatic carboxylic acids is 1. The topological polar surface area (TPSA) is 156 Å². The molecule has 240 valence electrons. The predicted molar refractivity (Wildman–Crippen MR) is 171 cm³/mol. The van der Waals surface area contributed by atoms with Crippen molar-refractivity contribution in [1.82, 2.24) is 10.2 Å². The van der Waals surface area contributed by atoms with Gasteiger partial charge in [0.2, 0.25) is 0 Å². The number of ether oxygens (including phenoxy) is 2. The van der Waals surface area contributed by atoms with Crippen molar-refractivity contribution in [1.29, 1.82) is 10.7 Å². The molecule has 2 heterocycles. The monoisotopic (exact) mass is 617 g/mol. The number of Topliss-reactive ketones (excluding diaryl/α,β-unsaturated/α-hetero) is 1. The molecule has 1 unspecified atom stereocenters. The van der Waals surface area contributed by atoms with Gasteiger partial charge in [-0.1, -0.05) is 20.8 Å². The van der Waals surface area contributed by atoms with Crippen molar-refractivity contribution in [3.8, 4) is 17.6 Å². The van der Waals surface area contributed by atoms with Crippen LogP contribution in [0, 0.1) is 22.7 Å². The minimum atomic E-state index is -0.843. The van der Waals surface area contributed by atoms with E-state index in [1.807, 2.05) is 39.8 Å². The number of unbranched alkanes of at least 4 members (excludes halogenated alkanes) is 1. The van der Waals surface area contributed by atoms with Crippen molar-refractivity contribution in [3.63, 3.8) is 0 Å². The third-order valence-electron chi connectivity index (χ3n) is 8.19. The summed E-state index contributed by atoms with van der Waals surface area (Å²) in [5.41, 5.74) is 3.43. The highest BCUT2D eigenvalue weighted by molar-refractivity contribution is 6.08. The first kappa shape index (κ1) is 33.3. The SMILES string of the molecule is CCOc1cc2c(cc1C(=O)NC)C(=N)N(CC(=O)c1cc(N3CCC(C#N)C3)c(OCCCCC(=O)O)c(C(C)(C)C)c1)C2. The number of hydrogen-bond acceptors (Lipinski definition) is 8. The van der Waals surface area contributed by atoms with Crippen LogP contribution in [0.5, 0.6) is 11.5 Å². The zero-order chi connectivity index (χ0) is 32.9. The van der Waals surface area contributed by atoms with E-state index in [0.717, 1.165) is 16.8 Å².